The first-order chi connectivity index (χ1) is 12.3. The second-order valence-electron chi connectivity index (χ2n) is 7.32. The van der Waals surface area contributed by atoms with Crippen LogP contribution in [0.4, 0.5) is 10.6 Å². The number of hydrogen-bond donors (Lipinski definition) is 2. The van der Waals surface area contributed by atoms with E-state index < -0.39 is 10.0 Å². The Balaban J connectivity index is 1.63. The summed E-state index contributed by atoms with van der Waals surface area (Å²) < 4.78 is 35.9. The summed E-state index contributed by atoms with van der Waals surface area (Å²) in [4.78, 5) is 14.2. The monoisotopic (exact) mass is 386 g/mol. The fourth-order valence-electron chi connectivity index (χ4n) is 3.54. The van der Waals surface area contributed by atoms with E-state index in [1.165, 1.54) is 12.8 Å². The van der Waals surface area contributed by atoms with Gasteiger partial charge >= 0.3 is 6.03 Å². The summed E-state index contributed by atoms with van der Waals surface area (Å²) in [5.74, 6) is 1.17. The number of rotatable bonds is 5. The van der Waals surface area contributed by atoms with E-state index in [1.54, 1.807) is 11.0 Å². The van der Waals surface area contributed by atoms with Crippen molar-refractivity contribution in [3.05, 3.63) is 11.8 Å². The van der Waals surface area contributed by atoms with E-state index in [-0.39, 0.29) is 30.6 Å². The maximum atomic E-state index is 12.6. The number of urea groups is 1. The van der Waals surface area contributed by atoms with E-state index in [1.807, 2.05) is 0 Å². The molecule has 2 N–H and O–H groups in total. The van der Waals surface area contributed by atoms with Gasteiger partial charge in [-0.1, -0.05) is 24.9 Å². The van der Waals surface area contributed by atoms with Gasteiger partial charge in [-0.25, -0.2) is 17.9 Å². The molecule has 1 atom stereocenters. The number of amides is 2. The molecule has 0 aromatic carbocycles. The van der Waals surface area contributed by atoms with Crippen molar-refractivity contribution in [2.45, 2.75) is 44.1 Å². The lowest BCUT2D eigenvalue weighted by atomic mass is 9.86. The Kier molecular flexibility index (Phi) is 5.54. The number of hydrogen-bond acceptors (Lipinski definition) is 6. The van der Waals surface area contributed by atoms with Gasteiger partial charge in [-0.15, -0.1) is 0 Å². The van der Waals surface area contributed by atoms with Gasteiger partial charge in [0.15, 0.2) is 5.82 Å². The highest BCUT2D eigenvalue weighted by molar-refractivity contribution is 7.88. The number of nitrogens with zero attached hydrogens (tertiary/aromatic N) is 2. The molecule has 146 valence electrons. The zero-order valence-electron chi connectivity index (χ0n) is 15.2. The number of anilines is 1. The second kappa shape index (κ2) is 7.53. The summed E-state index contributed by atoms with van der Waals surface area (Å²) in [5, 5.41) is 6.72. The third kappa shape index (κ3) is 4.54. The molecule has 1 unspecified atom stereocenters. The van der Waals surface area contributed by atoms with E-state index in [4.69, 9.17) is 9.26 Å². The molecule has 2 fully saturated rings. The number of aromatic nitrogens is 1. The van der Waals surface area contributed by atoms with E-state index in [0.717, 1.165) is 24.9 Å². The lowest BCUT2D eigenvalue weighted by Gasteiger charge is -2.35. The van der Waals surface area contributed by atoms with Crippen LogP contribution in [0.25, 0.3) is 0 Å². The van der Waals surface area contributed by atoms with Gasteiger partial charge in [0.25, 0.3) is 0 Å². The smallest absolute Gasteiger partial charge is 0.323 e. The van der Waals surface area contributed by atoms with Crippen LogP contribution in [-0.2, 0) is 20.2 Å². The Morgan fingerprint density at radius 3 is 2.85 bits per heavy atom. The molecule has 1 saturated heterocycles. The lowest BCUT2D eigenvalue weighted by Crippen LogP contribution is -2.54. The molecule has 9 nitrogen and oxygen atoms in total. The van der Waals surface area contributed by atoms with Crippen molar-refractivity contribution in [1.82, 2.24) is 14.8 Å². The summed E-state index contributed by atoms with van der Waals surface area (Å²) in [6.45, 7) is 3.32. The summed E-state index contributed by atoms with van der Waals surface area (Å²) in [5.41, 5.74) is -0.0170. The number of sulfonamides is 1. The molecule has 1 saturated carbocycles. The molecular weight excluding hydrogens is 360 g/mol. The van der Waals surface area contributed by atoms with Crippen LogP contribution in [-0.4, -0.2) is 63.1 Å². The third-order valence-corrected chi connectivity index (χ3v) is 5.81. The number of carbonyl (C=O) groups is 1. The molecule has 1 aromatic heterocycles. The number of morpholine rings is 1. The highest BCUT2D eigenvalue weighted by Crippen LogP contribution is 2.41. The van der Waals surface area contributed by atoms with Gasteiger partial charge in [-0.2, -0.15) is 0 Å². The van der Waals surface area contributed by atoms with Crippen molar-refractivity contribution < 1.29 is 22.5 Å². The molecule has 2 amide bonds. The van der Waals surface area contributed by atoms with Crippen LogP contribution in [0.1, 0.15) is 38.4 Å². The van der Waals surface area contributed by atoms with Crippen LogP contribution in [0.2, 0.25) is 0 Å². The molecule has 1 aromatic rings. The Morgan fingerprint density at radius 2 is 2.15 bits per heavy atom. The van der Waals surface area contributed by atoms with Crippen LogP contribution < -0.4 is 10.0 Å². The zero-order valence-corrected chi connectivity index (χ0v) is 16.0. The first-order valence-electron chi connectivity index (χ1n) is 8.84. The first-order valence-corrected chi connectivity index (χ1v) is 10.7. The van der Waals surface area contributed by atoms with Gasteiger partial charge in [-0.3, -0.25) is 5.32 Å². The molecule has 10 heteroatoms. The fourth-order valence-corrected chi connectivity index (χ4v) is 4.04. The summed E-state index contributed by atoms with van der Waals surface area (Å²) >= 11 is 0. The maximum absolute atomic E-state index is 12.6. The minimum atomic E-state index is -3.34. The molecule has 0 spiro atoms. The molecule has 26 heavy (non-hydrogen) atoms. The van der Waals surface area contributed by atoms with Gasteiger partial charge in [0.2, 0.25) is 10.0 Å². The molecule has 2 heterocycles. The number of carbonyl (C=O) groups excluding carboxylic acids is 1. The maximum Gasteiger partial charge on any atom is 0.323 e. The summed E-state index contributed by atoms with van der Waals surface area (Å²) in [7, 11) is -3.34. The van der Waals surface area contributed by atoms with Crippen molar-refractivity contribution in [2.24, 2.45) is 0 Å². The standard InChI is InChI=1S/C16H26N4O5S/c1-16(5-3-4-6-16)13-9-14(19-25-13)18-15(21)20-7-8-24-11-12(20)10-17-26(2,22)23/h9,12,17H,3-8,10-11H2,1-2H3,(H,18,19,21). The first kappa shape index (κ1) is 19.1. The van der Waals surface area contributed by atoms with E-state index in [2.05, 4.69) is 22.1 Å². The minimum Gasteiger partial charge on any atom is -0.377 e. The number of nitrogens with one attached hydrogen (secondary N) is 2. The Morgan fingerprint density at radius 1 is 1.42 bits per heavy atom. The average Bonchev–Trinajstić information content (AvgIpc) is 3.23. The van der Waals surface area contributed by atoms with Gasteiger partial charge < -0.3 is 14.2 Å². The van der Waals surface area contributed by atoms with E-state index >= 15 is 0 Å². The fraction of sp³-hybridized carbons (Fsp3) is 0.750. The van der Waals surface area contributed by atoms with E-state index in [9.17, 15) is 13.2 Å². The Hall–Kier alpha value is -1.65. The largest absolute Gasteiger partial charge is 0.377 e. The molecule has 1 aliphatic heterocycles. The van der Waals surface area contributed by atoms with Gasteiger partial charge in [0.1, 0.15) is 5.76 Å². The normalized spacial score (nSPS) is 23.2. The van der Waals surface area contributed by atoms with Crippen molar-refractivity contribution in [3.8, 4) is 0 Å². The topological polar surface area (TPSA) is 114 Å². The Bertz CT molecular complexity index is 742. The average molecular weight is 386 g/mol. The quantitative estimate of drug-likeness (QED) is 0.788. The van der Waals surface area contributed by atoms with Crippen LogP contribution >= 0.6 is 0 Å². The van der Waals surface area contributed by atoms with Crippen molar-refractivity contribution in [2.75, 3.05) is 37.9 Å². The van der Waals surface area contributed by atoms with Crippen LogP contribution in [0.5, 0.6) is 0 Å². The highest BCUT2D eigenvalue weighted by atomic mass is 32.2. The summed E-state index contributed by atoms with van der Waals surface area (Å²) in [6, 6.07) is 1.06. The SMILES string of the molecule is CC1(c2cc(NC(=O)N3CCOCC3CNS(C)(=O)=O)no2)CCCC1. The van der Waals surface area contributed by atoms with Crippen LogP contribution in [0.15, 0.2) is 10.6 Å². The predicted molar refractivity (Wildman–Crippen MR) is 95.5 cm³/mol. The molecule has 2 aliphatic rings. The van der Waals surface area contributed by atoms with Crippen LogP contribution in [0.3, 0.4) is 0 Å². The zero-order chi connectivity index (χ0) is 18.8. The molecule has 0 bridgehead atoms. The lowest BCUT2D eigenvalue weighted by molar-refractivity contribution is 0.0176. The third-order valence-electron chi connectivity index (χ3n) is 5.12. The van der Waals surface area contributed by atoms with Gasteiger partial charge in [-0.05, 0) is 12.8 Å². The molecule has 1 aliphatic carbocycles. The van der Waals surface area contributed by atoms with Crippen molar-refractivity contribution in [3.63, 3.8) is 0 Å². The Labute approximate surface area is 153 Å². The summed E-state index contributed by atoms with van der Waals surface area (Å²) in [6.07, 6.45) is 5.53. The highest BCUT2D eigenvalue weighted by Gasteiger charge is 2.35. The molecular formula is C16H26N4O5S. The van der Waals surface area contributed by atoms with Crippen molar-refractivity contribution >= 4 is 21.9 Å². The minimum absolute atomic E-state index is 0.0170. The van der Waals surface area contributed by atoms with Crippen molar-refractivity contribution in [1.29, 1.82) is 0 Å². The number of ether oxygens (including phenoxy) is 1. The van der Waals surface area contributed by atoms with Crippen LogP contribution in [0, 0.1) is 0 Å². The molecule has 3 rings (SSSR count). The van der Waals surface area contributed by atoms with Gasteiger partial charge in [0, 0.05) is 24.6 Å². The second-order valence-corrected chi connectivity index (χ2v) is 9.15. The van der Waals surface area contributed by atoms with E-state index in [0.29, 0.717) is 19.0 Å². The predicted octanol–water partition coefficient (Wildman–Crippen LogP) is 1.29. The molecule has 0 radical (unpaired) electrons. The van der Waals surface area contributed by atoms with Gasteiger partial charge in [0.05, 0.1) is 25.5 Å².